The maximum absolute atomic E-state index is 13.2. The van der Waals surface area contributed by atoms with Gasteiger partial charge < -0.3 is 5.32 Å². The maximum atomic E-state index is 13.2. The summed E-state index contributed by atoms with van der Waals surface area (Å²) in [6, 6.07) is 3.73. The van der Waals surface area contributed by atoms with Crippen molar-refractivity contribution in [3.8, 4) is 11.3 Å². The molecule has 1 aromatic carbocycles. The number of nitro groups is 1. The quantitative estimate of drug-likeness (QED) is 0.532. The van der Waals surface area contributed by atoms with Crippen LogP contribution in [0.25, 0.3) is 11.3 Å². The van der Waals surface area contributed by atoms with Gasteiger partial charge in [0.2, 0.25) is 0 Å². The third-order valence-corrected chi connectivity index (χ3v) is 2.66. The average molecular weight is 297 g/mol. The van der Waals surface area contributed by atoms with Crippen LogP contribution < -0.4 is 5.32 Å². The van der Waals surface area contributed by atoms with Crippen LogP contribution in [0.2, 0.25) is 0 Å². The molecule has 0 atom stereocenters. The lowest BCUT2D eigenvalue weighted by Gasteiger charge is -2.07. The van der Waals surface area contributed by atoms with Crippen LogP contribution in [0.5, 0.6) is 0 Å². The molecule has 0 amide bonds. The third-order valence-electron chi connectivity index (χ3n) is 2.66. The minimum absolute atomic E-state index is 0.0297. The van der Waals surface area contributed by atoms with Gasteiger partial charge in [-0.3, -0.25) is 10.1 Å². The lowest BCUT2D eigenvalue weighted by atomic mass is 10.1. The topological polar surface area (TPSA) is 68.1 Å². The highest BCUT2D eigenvalue weighted by Crippen LogP contribution is 2.27. The van der Waals surface area contributed by atoms with Crippen molar-refractivity contribution in [2.45, 2.75) is 6.92 Å². The molecule has 0 spiro atoms. The fourth-order valence-corrected chi connectivity index (χ4v) is 1.74. The van der Waals surface area contributed by atoms with E-state index in [0.717, 1.165) is 18.2 Å². The second kappa shape index (κ2) is 5.78. The number of hydrogen-bond donors (Lipinski definition) is 1. The second-order valence-corrected chi connectivity index (χ2v) is 4.14. The first kappa shape index (κ1) is 14.8. The van der Waals surface area contributed by atoms with Gasteiger partial charge in [0.1, 0.15) is 5.82 Å². The van der Waals surface area contributed by atoms with Crippen LogP contribution in [-0.2, 0) is 0 Å². The van der Waals surface area contributed by atoms with E-state index in [1.165, 1.54) is 6.07 Å². The van der Waals surface area contributed by atoms with Crippen LogP contribution >= 0.6 is 0 Å². The summed E-state index contributed by atoms with van der Waals surface area (Å²) >= 11 is 0. The Morgan fingerprint density at radius 1 is 1.19 bits per heavy atom. The third kappa shape index (κ3) is 3.10. The van der Waals surface area contributed by atoms with E-state index in [1.807, 2.05) is 0 Å². The van der Waals surface area contributed by atoms with Gasteiger partial charge in [-0.1, -0.05) is 0 Å². The molecule has 1 heterocycles. The van der Waals surface area contributed by atoms with Crippen molar-refractivity contribution in [3.63, 3.8) is 0 Å². The molecular weight excluding hydrogens is 287 g/mol. The fourth-order valence-electron chi connectivity index (χ4n) is 1.74. The smallest absolute Gasteiger partial charge is 0.275 e. The predicted octanol–water partition coefficient (Wildman–Crippen LogP) is 3.51. The Kier molecular flexibility index (Phi) is 4.06. The van der Waals surface area contributed by atoms with Gasteiger partial charge in [0.15, 0.2) is 17.5 Å². The molecular formula is C13H10F3N3O2. The van der Waals surface area contributed by atoms with E-state index in [4.69, 9.17) is 0 Å². The number of nitrogens with zero attached hydrogens (tertiary/aromatic N) is 2. The Bertz CT molecular complexity index is 684. The van der Waals surface area contributed by atoms with Crippen molar-refractivity contribution in [3.05, 3.63) is 51.8 Å². The highest BCUT2D eigenvalue weighted by atomic mass is 19.2. The first-order valence-corrected chi connectivity index (χ1v) is 5.97. The van der Waals surface area contributed by atoms with Crippen molar-refractivity contribution < 1.29 is 18.1 Å². The number of benzene rings is 1. The zero-order chi connectivity index (χ0) is 15.6. The molecule has 2 rings (SSSR count). The Labute approximate surface area is 117 Å². The largest absolute Gasteiger partial charge is 0.370 e. The highest BCUT2D eigenvalue weighted by Gasteiger charge is 2.16. The van der Waals surface area contributed by atoms with Crippen molar-refractivity contribution in [2.24, 2.45) is 0 Å². The van der Waals surface area contributed by atoms with Gasteiger partial charge in [-0.05, 0) is 19.1 Å². The van der Waals surface area contributed by atoms with E-state index in [2.05, 4.69) is 10.3 Å². The summed E-state index contributed by atoms with van der Waals surface area (Å²) in [5, 5.41) is 13.6. The molecule has 0 unspecified atom stereocenters. The Morgan fingerprint density at radius 3 is 2.33 bits per heavy atom. The van der Waals surface area contributed by atoms with E-state index < -0.39 is 22.4 Å². The first-order valence-electron chi connectivity index (χ1n) is 5.97. The molecule has 0 fully saturated rings. The number of pyridine rings is 1. The summed E-state index contributed by atoms with van der Waals surface area (Å²) < 4.78 is 39.4. The van der Waals surface area contributed by atoms with Crippen molar-refractivity contribution in [1.82, 2.24) is 4.98 Å². The number of halogens is 3. The molecule has 110 valence electrons. The summed E-state index contributed by atoms with van der Waals surface area (Å²) in [6.07, 6.45) is 0. The molecule has 0 saturated carbocycles. The predicted molar refractivity (Wildman–Crippen MR) is 70.4 cm³/mol. The molecule has 0 aliphatic carbocycles. The normalized spacial score (nSPS) is 10.5. The van der Waals surface area contributed by atoms with Crippen LogP contribution in [0.4, 0.5) is 24.7 Å². The zero-order valence-corrected chi connectivity index (χ0v) is 10.9. The van der Waals surface area contributed by atoms with Gasteiger partial charge in [0, 0.05) is 18.2 Å². The molecule has 2 aromatic rings. The first-order chi connectivity index (χ1) is 9.92. The average Bonchev–Trinajstić information content (AvgIpc) is 2.44. The molecule has 1 N–H and O–H groups in total. The van der Waals surface area contributed by atoms with E-state index >= 15 is 0 Å². The summed E-state index contributed by atoms with van der Waals surface area (Å²) in [5.74, 6) is -4.19. The van der Waals surface area contributed by atoms with E-state index in [9.17, 15) is 23.3 Å². The second-order valence-electron chi connectivity index (χ2n) is 4.14. The van der Waals surface area contributed by atoms with Gasteiger partial charge in [0.25, 0.3) is 5.69 Å². The van der Waals surface area contributed by atoms with Crippen molar-refractivity contribution in [1.29, 1.82) is 0 Å². The molecule has 0 bridgehead atoms. The molecule has 0 radical (unpaired) electrons. The van der Waals surface area contributed by atoms with E-state index in [-0.39, 0.29) is 22.8 Å². The van der Waals surface area contributed by atoms with Gasteiger partial charge in [-0.25, -0.2) is 18.2 Å². The molecule has 0 aliphatic rings. The fraction of sp³-hybridized carbons (Fsp3) is 0.154. The molecule has 0 aliphatic heterocycles. The van der Waals surface area contributed by atoms with Gasteiger partial charge >= 0.3 is 0 Å². The van der Waals surface area contributed by atoms with Gasteiger partial charge in [-0.15, -0.1) is 0 Å². The Hall–Kier alpha value is -2.64. The maximum Gasteiger partial charge on any atom is 0.275 e. The van der Waals surface area contributed by atoms with E-state index in [0.29, 0.717) is 6.54 Å². The SMILES string of the molecule is CCNc1cc([N+](=O)[O-])cc(-c2cc(F)c(F)c(F)c2)n1. The van der Waals surface area contributed by atoms with Crippen LogP contribution in [-0.4, -0.2) is 16.5 Å². The minimum atomic E-state index is -1.60. The molecule has 1 aromatic heterocycles. The monoisotopic (exact) mass is 297 g/mol. The Morgan fingerprint density at radius 2 is 1.81 bits per heavy atom. The van der Waals surface area contributed by atoms with Crippen molar-refractivity contribution >= 4 is 11.5 Å². The van der Waals surface area contributed by atoms with Crippen LogP contribution in [0.3, 0.4) is 0 Å². The van der Waals surface area contributed by atoms with Crippen molar-refractivity contribution in [2.75, 3.05) is 11.9 Å². The Balaban J connectivity index is 2.59. The minimum Gasteiger partial charge on any atom is -0.370 e. The molecule has 21 heavy (non-hydrogen) atoms. The lowest BCUT2D eigenvalue weighted by Crippen LogP contribution is -2.02. The summed E-state index contributed by atoms with van der Waals surface area (Å²) in [7, 11) is 0. The lowest BCUT2D eigenvalue weighted by molar-refractivity contribution is -0.384. The number of aromatic nitrogens is 1. The van der Waals surface area contributed by atoms with Crippen LogP contribution in [0, 0.1) is 27.6 Å². The van der Waals surface area contributed by atoms with Crippen LogP contribution in [0.15, 0.2) is 24.3 Å². The summed E-state index contributed by atoms with van der Waals surface area (Å²) in [4.78, 5) is 14.2. The zero-order valence-electron chi connectivity index (χ0n) is 10.9. The standard InChI is InChI=1S/C13H10F3N3O2/c1-2-17-12-6-8(19(20)21)5-11(18-12)7-3-9(14)13(16)10(15)4-7/h3-6H,2H2,1H3,(H,17,18). The van der Waals surface area contributed by atoms with Crippen LogP contribution in [0.1, 0.15) is 6.92 Å². The molecule has 8 heteroatoms. The number of hydrogen-bond acceptors (Lipinski definition) is 4. The van der Waals surface area contributed by atoms with E-state index in [1.54, 1.807) is 6.92 Å². The van der Waals surface area contributed by atoms with Gasteiger partial charge in [0.05, 0.1) is 16.7 Å². The molecule has 0 saturated heterocycles. The summed E-state index contributed by atoms with van der Waals surface area (Å²) in [6.45, 7) is 2.22. The number of rotatable bonds is 4. The summed E-state index contributed by atoms with van der Waals surface area (Å²) in [5.41, 5.74) is -0.409. The number of nitrogens with one attached hydrogen (secondary N) is 1. The molecule has 5 nitrogen and oxygen atoms in total. The highest BCUT2D eigenvalue weighted by molar-refractivity contribution is 5.65. The van der Waals surface area contributed by atoms with Gasteiger partial charge in [-0.2, -0.15) is 0 Å². The number of anilines is 1.